The zero-order chi connectivity index (χ0) is 20.3. The molecule has 0 bridgehead atoms. The lowest BCUT2D eigenvalue weighted by molar-refractivity contribution is -0.144. The Hall–Kier alpha value is -1.52. The Labute approximate surface area is 158 Å². The van der Waals surface area contributed by atoms with Gasteiger partial charge in [-0.15, -0.1) is 5.10 Å². The van der Waals surface area contributed by atoms with Crippen molar-refractivity contribution in [1.82, 2.24) is 14.8 Å². The highest BCUT2D eigenvalue weighted by Gasteiger charge is 2.37. The fraction of sp³-hybridized carbons (Fsp3) is 0.429. The summed E-state index contributed by atoms with van der Waals surface area (Å²) in [5.41, 5.74) is 2.54. The summed E-state index contributed by atoms with van der Waals surface area (Å²) < 4.78 is 57.7. The first kappa shape index (κ1) is 22.5. The van der Waals surface area contributed by atoms with Gasteiger partial charge in [-0.3, -0.25) is 0 Å². The van der Waals surface area contributed by atoms with Crippen LogP contribution in [0.2, 0.25) is 0 Å². The molecule has 1 heterocycles. The van der Waals surface area contributed by atoms with Gasteiger partial charge in [0.2, 0.25) is 5.95 Å². The second kappa shape index (κ2) is 8.45. The molecule has 1 N–H and O–H groups in total. The van der Waals surface area contributed by atoms with E-state index in [4.69, 9.17) is 8.42 Å². The number of benzene rings is 1. The molecule has 0 saturated heterocycles. The molecule has 0 aliphatic rings. The van der Waals surface area contributed by atoms with Gasteiger partial charge in [-0.05, 0) is 30.0 Å². The van der Waals surface area contributed by atoms with Gasteiger partial charge in [0, 0.05) is 28.4 Å². The Morgan fingerprint density at radius 1 is 1.23 bits per heavy atom. The van der Waals surface area contributed by atoms with Gasteiger partial charge in [0.25, 0.3) is 5.82 Å². The Morgan fingerprint density at radius 3 is 2.15 bits per heavy atom. The van der Waals surface area contributed by atoms with Crippen molar-refractivity contribution < 1.29 is 21.6 Å². The molecular formula is C14H17Cl2F3N4O2S. The largest absolute Gasteiger partial charge is 0.453 e. The van der Waals surface area contributed by atoms with Crippen LogP contribution in [0.3, 0.4) is 0 Å². The lowest BCUT2D eigenvalue weighted by atomic mass is 10.0. The van der Waals surface area contributed by atoms with E-state index in [1.54, 1.807) is 6.07 Å². The maximum Gasteiger partial charge on any atom is 0.453 e. The van der Waals surface area contributed by atoms with Crippen molar-refractivity contribution in [2.24, 2.45) is 0 Å². The van der Waals surface area contributed by atoms with E-state index in [9.17, 15) is 13.2 Å². The van der Waals surface area contributed by atoms with Gasteiger partial charge in [-0.25, -0.2) is 0 Å². The SMILES string of the molecule is CNc1nc(C(F)(F)F)nn1-c1ccc(C(C)C)cc1C.O=S(=O)(Cl)Cl. The summed E-state index contributed by atoms with van der Waals surface area (Å²) in [6, 6.07) is 5.61. The summed E-state index contributed by atoms with van der Waals surface area (Å²) >= 11 is 0. The second-order valence-electron chi connectivity index (χ2n) is 5.50. The van der Waals surface area contributed by atoms with E-state index >= 15 is 0 Å². The number of hydrogen-bond donors (Lipinski definition) is 1. The van der Waals surface area contributed by atoms with Gasteiger partial charge in [-0.1, -0.05) is 26.0 Å². The maximum atomic E-state index is 12.7. The maximum absolute atomic E-state index is 12.7. The molecule has 0 aliphatic carbocycles. The van der Waals surface area contributed by atoms with Crippen molar-refractivity contribution in [1.29, 1.82) is 0 Å². The van der Waals surface area contributed by atoms with Gasteiger partial charge in [0.15, 0.2) is 0 Å². The quantitative estimate of drug-likeness (QED) is 0.723. The minimum Gasteiger partial charge on any atom is -0.357 e. The van der Waals surface area contributed by atoms with E-state index in [1.165, 1.54) is 11.7 Å². The van der Waals surface area contributed by atoms with Crippen LogP contribution in [0.4, 0.5) is 19.1 Å². The van der Waals surface area contributed by atoms with Crippen LogP contribution in [0.1, 0.15) is 36.7 Å². The lowest BCUT2D eigenvalue weighted by Crippen LogP contribution is -2.09. The van der Waals surface area contributed by atoms with Crippen LogP contribution in [-0.4, -0.2) is 30.2 Å². The van der Waals surface area contributed by atoms with Gasteiger partial charge in [-0.2, -0.15) is 31.3 Å². The van der Waals surface area contributed by atoms with Crippen LogP contribution < -0.4 is 5.32 Å². The standard InChI is InChI=1S/C14H17F3N4.Cl2O2S/c1-8(2)10-5-6-11(9(3)7-10)21-13(18-4)19-12(20-21)14(15,16)17;1-5(2,3)4/h5-8H,1-4H3,(H,18,19,20);. The highest BCUT2D eigenvalue weighted by molar-refractivity contribution is 8.31. The van der Waals surface area contributed by atoms with Crippen LogP contribution in [0.5, 0.6) is 0 Å². The van der Waals surface area contributed by atoms with Crippen molar-refractivity contribution in [3.63, 3.8) is 0 Å². The van der Waals surface area contributed by atoms with E-state index in [0.29, 0.717) is 11.6 Å². The molecule has 146 valence electrons. The summed E-state index contributed by atoms with van der Waals surface area (Å²) in [6.07, 6.45) is -4.57. The molecular weight excluding hydrogens is 416 g/mol. The number of nitrogens with one attached hydrogen (secondary N) is 1. The molecule has 2 rings (SSSR count). The first-order chi connectivity index (χ1) is 11.7. The summed E-state index contributed by atoms with van der Waals surface area (Å²) in [4.78, 5) is 3.49. The Kier molecular flexibility index (Phi) is 7.32. The van der Waals surface area contributed by atoms with E-state index in [0.717, 1.165) is 11.1 Å². The van der Waals surface area contributed by atoms with Gasteiger partial charge in [0.1, 0.15) is 0 Å². The zero-order valence-corrected chi connectivity index (χ0v) is 16.6. The molecule has 6 nitrogen and oxygen atoms in total. The minimum atomic E-state index is -4.57. The molecule has 26 heavy (non-hydrogen) atoms. The Bertz CT molecular complexity index is 860. The monoisotopic (exact) mass is 432 g/mol. The van der Waals surface area contributed by atoms with Crippen molar-refractivity contribution in [3.05, 3.63) is 35.2 Å². The topological polar surface area (TPSA) is 76.9 Å². The number of rotatable bonds is 3. The van der Waals surface area contributed by atoms with Crippen LogP contribution >= 0.6 is 21.4 Å². The first-order valence-electron chi connectivity index (χ1n) is 7.21. The second-order valence-corrected chi connectivity index (χ2v) is 9.17. The smallest absolute Gasteiger partial charge is 0.357 e. The normalized spacial score (nSPS) is 11.9. The third-order valence-electron chi connectivity index (χ3n) is 3.20. The highest BCUT2D eigenvalue weighted by atomic mass is 36.0. The van der Waals surface area contributed by atoms with Gasteiger partial charge >= 0.3 is 14.4 Å². The molecule has 1 aromatic carbocycles. The first-order valence-corrected chi connectivity index (χ1v) is 10.3. The minimum absolute atomic E-state index is 0.0581. The molecule has 0 spiro atoms. The van der Waals surface area contributed by atoms with Crippen LogP contribution in [-0.2, 0) is 14.4 Å². The summed E-state index contributed by atoms with van der Waals surface area (Å²) in [5, 5.41) is 6.22. The van der Waals surface area contributed by atoms with Crippen molar-refractivity contribution in [2.45, 2.75) is 32.9 Å². The number of hydrogen-bond acceptors (Lipinski definition) is 5. The molecule has 0 unspecified atom stereocenters. The summed E-state index contributed by atoms with van der Waals surface area (Å²) in [5.74, 6) is -0.745. The fourth-order valence-electron chi connectivity index (χ4n) is 2.04. The van der Waals surface area contributed by atoms with Gasteiger partial charge < -0.3 is 5.32 Å². The predicted molar refractivity (Wildman–Crippen MR) is 95.4 cm³/mol. The lowest BCUT2D eigenvalue weighted by Gasteiger charge is -2.12. The zero-order valence-electron chi connectivity index (χ0n) is 14.3. The molecule has 0 fully saturated rings. The molecule has 12 heteroatoms. The van der Waals surface area contributed by atoms with E-state index < -0.39 is 20.3 Å². The third kappa shape index (κ3) is 6.65. The van der Waals surface area contributed by atoms with Crippen molar-refractivity contribution in [2.75, 3.05) is 12.4 Å². The highest BCUT2D eigenvalue weighted by Crippen LogP contribution is 2.29. The number of halogens is 5. The van der Waals surface area contributed by atoms with E-state index in [1.807, 2.05) is 19.1 Å². The molecule has 0 saturated carbocycles. The molecule has 0 amide bonds. The number of nitrogens with zero attached hydrogens (tertiary/aromatic N) is 3. The summed E-state index contributed by atoms with van der Waals surface area (Å²) in [7, 11) is 6.33. The van der Waals surface area contributed by atoms with E-state index in [-0.39, 0.29) is 5.95 Å². The third-order valence-corrected chi connectivity index (χ3v) is 3.20. The van der Waals surface area contributed by atoms with Crippen molar-refractivity contribution >= 4 is 35.6 Å². The van der Waals surface area contributed by atoms with Crippen molar-refractivity contribution in [3.8, 4) is 5.69 Å². The predicted octanol–water partition coefficient (Wildman–Crippen LogP) is 4.47. The average Bonchev–Trinajstić information content (AvgIpc) is 2.89. The van der Waals surface area contributed by atoms with Crippen LogP contribution in [0.25, 0.3) is 5.69 Å². The van der Waals surface area contributed by atoms with Gasteiger partial charge in [0.05, 0.1) is 5.69 Å². The Balaban J connectivity index is 0.000000597. The number of aryl methyl sites for hydroxylation is 1. The molecule has 0 radical (unpaired) electrons. The Morgan fingerprint density at radius 2 is 1.77 bits per heavy atom. The molecule has 1 aromatic heterocycles. The van der Waals surface area contributed by atoms with Crippen LogP contribution in [0.15, 0.2) is 18.2 Å². The number of aromatic nitrogens is 3. The fourth-order valence-corrected chi connectivity index (χ4v) is 2.04. The van der Waals surface area contributed by atoms with E-state index in [2.05, 4.69) is 50.6 Å². The number of alkyl halides is 3. The number of anilines is 1. The average molecular weight is 433 g/mol. The van der Waals surface area contributed by atoms with Crippen LogP contribution in [0, 0.1) is 6.92 Å². The summed E-state index contributed by atoms with van der Waals surface area (Å²) in [6.45, 7) is 5.96. The molecule has 2 aromatic rings. The molecule has 0 aliphatic heterocycles. The molecule has 0 atom stereocenters.